The highest BCUT2D eigenvalue weighted by atomic mass is 79.9. The predicted molar refractivity (Wildman–Crippen MR) is 52.7 cm³/mol. The van der Waals surface area contributed by atoms with Gasteiger partial charge in [-0.1, -0.05) is 0 Å². The molecule has 0 aliphatic carbocycles. The van der Waals surface area contributed by atoms with Crippen LogP contribution in [0, 0.1) is 0 Å². The number of hydrogen-bond donors (Lipinski definition) is 0. The monoisotopic (exact) mass is 296 g/mol. The molecule has 2 heterocycles. The Kier molecular flexibility index (Phi) is 2.65. The Morgan fingerprint density at radius 2 is 2.00 bits per heavy atom. The largest absolute Gasteiger partial charge is 0.420 e. The molecule has 0 unspecified atom stereocenters. The van der Waals surface area contributed by atoms with Crippen molar-refractivity contribution in [2.75, 3.05) is 0 Å². The molecule has 0 aromatic carbocycles. The molecular formula is C9H5BrF4N2. The summed E-state index contributed by atoms with van der Waals surface area (Å²) in [4.78, 5) is 3.59. The van der Waals surface area contributed by atoms with E-state index in [-0.39, 0.29) is 15.8 Å². The molecule has 0 fully saturated rings. The number of imidazole rings is 1. The molecule has 0 bridgehead atoms. The van der Waals surface area contributed by atoms with Crippen molar-refractivity contribution in [3.63, 3.8) is 0 Å². The first-order valence-electron chi connectivity index (χ1n) is 4.22. The molecule has 0 amide bonds. The van der Waals surface area contributed by atoms with Gasteiger partial charge in [0.15, 0.2) is 0 Å². The Labute approximate surface area is 96.0 Å². The van der Waals surface area contributed by atoms with Gasteiger partial charge < -0.3 is 4.40 Å². The highest BCUT2D eigenvalue weighted by molar-refractivity contribution is 9.10. The van der Waals surface area contributed by atoms with Gasteiger partial charge in [-0.3, -0.25) is 0 Å². The van der Waals surface area contributed by atoms with E-state index in [1.54, 1.807) is 0 Å². The molecule has 2 rings (SSSR count). The fraction of sp³-hybridized carbons (Fsp3) is 0.222. The summed E-state index contributed by atoms with van der Waals surface area (Å²) in [5, 5.41) is 0. The summed E-state index contributed by atoms with van der Waals surface area (Å²) in [7, 11) is 0. The number of rotatable bonds is 1. The van der Waals surface area contributed by atoms with E-state index in [9.17, 15) is 17.6 Å². The third-order valence-corrected chi connectivity index (χ3v) is 2.44. The van der Waals surface area contributed by atoms with E-state index in [0.29, 0.717) is 0 Å². The summed E-state index contributed by atoms with van der Waals surface area (Å²) in [5.41, 5.74) is -1.20. The molecule has 86 valence electrons. The van der Waals surface area contributed by atoms with Gasteiger partial charge in [-0.15, -0.1) is 0 Å². The number of nitrogens with zero attached hydrogens (tertiary/aromatic N) is 2. The average molecular weight is 297 g/mol. The zero-order valence-electron chi connectivity index (χ0n) is 7.72. The first-order valence-corrected chi connectivity index (χ1v) is 5.01. The number of fused-ring (bicyclic) bond motifs is 1. The predicted octanol–water partition coefficient (Wildman–Crippen LogP) is 3.59. The van der Waals surface area contributed by atoms with Crippen LogP contribution in [0.1, 0.15) is 11.3 Å². The van der Waals surface area contributed by atoms with Gasteiger partial charge in [0.25, 0.3) is 0 Å². The Bertz CT molecular complexity index is 532. The second-order valence-corrected chi connectivity index (χ2v) is 4.08. The highest BCUT2D eigenvalue weighted by Crippen LogP contribution is 2.34. The van der Waals surface area contributed by atoms with Crippen LogP contribution < -0.4 is 0 Å². The van der Waals surface area contributed by atoms with Crippen molar-refractivity contribution in [3.05, 3.63) is 34.2 Å². The van der Waals surface area contributed by atoms with E-state index in [4.69, 9.17) is 0 Å². The van der Waals surface area contributed by atoms with E-state index in [2.05, 4.69) is 20.9 Å². The van der Waals surface area contributed by atoms with Gasteiger partial charge in [0.1, 0.15) is 12.3 Å². The van der Waals surface area contributed by atoms with E-state index in [1.165, 1.54) is 12.4 Å². The lowest BCUT2D eigenvalue weighted by Gasteiger charge is -2.08. The average Bonchev–Trinajstić information content (AvgIpc) is 2.57. The number of alkyl halides is 4. The molecular weight excluding hydrogens is 292 g/mol. The van der Waals surface area contributed by atoms with Gasteiger partial charge in [0, 0.05) is 16.9 Å². The van der Waals surface area contributed by atoms with Crippen LogP contribution in [0.25, 0.3) is 5.65 Å². The van der Waals surface area contributed by atoms with E-state index >= 15 is 0 Å². The molecule has 2 aromatic rings. The van der Waals surface area contributed by atoms with Crippen molar-refractivity contribution in [3.8, 4) is 0 Å². The van der Waals surface area contributed by atoms with Crippen LogP contribution in [-0.4, -0.2) is 9.38 Å². The standard InChI is InChI=1S/C9H5BrF4N2/c10-5-1-7(9(12,13)14)8-15-6(2-11)4-16(8)3-5/h1,3-4H,2H2. The highest BCUT2D eigenvalue weighted by Gasteiger charge is 2.34. The molecule has 0 saturated heterocycles. The van der Waals surface area contributed by atoms with Crippen molar-refractivity contribution in [1.29, 1.82) is 0 Å². The summed E-state index contributed by atoms with van der Waals surface area (Å²) in [5.74, 6) is 0. The van der Waals surface area contributed by atoms with Crippen LogP contribution in [0.2, 0.25) is 0 Å². The molecule has 16 heavy (non-hydrogen) atoms. The second-order valence-electron chi connectivity index (χ2n) is 3.17. The molecule has 0 radical (unpaired) electrons. The lowest BCUT2D eigenvalue weighted by Crippen LogP contribution is -2.07. The van der Waals surface area contributed by atoms with Crippen molar-refractivity contribution in [2.45, 2.75) is 12.9 Å². The van der Waals surface area contributed by atoms with Gasteiger partial charge in [0.2, 0.25) is 0 Å². The summed E-state index contributed by atoms with van der Waals surface area (Å²) in [6.07, 6.45) is -1.88. The fourth-order valence-corrected chi connectivity index (χ4v) is 1.84. The first kappa shape index (κ1) is 11.4. The minimum atomic E-state index is -4.51. The maximum atomic E-state index is 12.6. The zero-order valence-corrected chi connectivity index (χ0v) is 9.31. The van der Waals surface area contributed by atoms with E-state index in [1.807, 2.05) is 0 Å². The fourth-order valence-electron chi connectivity index (χ4n) is 1.39. The topological polar surface area (TPSA) is 17.3 Å². The SMILES string of the molecule is FCc1cn2cc(Br)cc(C(F)(F)F)c2n1. The first-order chi connectivity index (χ1) is 7.41. The van der Waals surface area contributed by atoms with Crippen molar-refractivity contribution in [2.24, 2.45) is 0 Å². The Morgan fingerprint density at radius 1 is 1.31 bits per heavy atom. The molecule has 0 saturated carbocycles. The molecule has 7 heteroatoms. The minimum absolute atomic E-state index is 0.0244. The third-order valence-electron chi connectivity index (χ3n) is 2.01. The maximum Gasteiger partial charge on any atom is 0.420 e. The van der Waals surface area contributed by atoms with Crippen LogP contribution in [-0.2, 0) is 12.9 Å². The van der Waals surface area contributed by atoms with Gasteiger partial charge >= 0.3 is 6.18 Å². The number of hydrogen-bond acceptors (Lipinski definition) is 1. The second kappa shape index (κ2) is 3.73. The number of pyridine rings is 1. The van der Waals surface area contributed by atoms with Gasteiger partial charge in [-0.25, -0.2) is 9.37 Å². The zero-order chi connectivity index (χ0) is 11.9. The van der Waals surface area contributed by atoms with Crippen molar-refractivity contribution < 1.29 is 17.6 Å². The van der Waals surface area contributed by atoms with Gasteiger partial charge in [0.05, 0.1) is 11.3 Å². The van der Waals surface area contributed by atoms with Gasteiger partial charge in [-0.05, 0) is 22.0 Å². The lowest BCUT2D eigenvalue weighted by atomic mass is 10.2. The van der Waals surface area contributed by atoms with Crippen LogP contribution in [0.15, 0.2) is 22.9 Å². The molecule has 0 aliphatic rings. The molecule has 0 aliphatic heterocycles. The Balaban J connectivity index is 2.76. The Hall–Kier alpha value is -1.11. The third kappa shape index (κ3) is 1.91. The smallest absolute Gasteiger partial charge is 0.305 e. The molecule has 0 spiro atoms. The lowest BCUT2D eigenvalue weighted by molar-refractivity contribution is -0.136. The summed E-state index contributed by atoms with van der Waals surface area (Å²) < 4.78 is 51.7. The number of aromatic nitrogens is 2. The quantitative estimate of drug-likeness (QED) is 0.735. The summed E-state index contributed by atoms with van der Waals surface area (Å²) >= 11 is 2.96. The minimum Gasteiger partial charge on any atom is -0.305 e. The van der Waals surface area contributed by atoms with Crippen molar-refractivity contribution >= 4 is 21.6 Å². The van der Waals surface area contributed by atoms with Crippen molar-refractivity contribution in [1.82, 2.24) is 9.38 Å². The van der Waals surface area contributed by atoms with Crippen LogP contribution in [0.4, 0.5) is 17.6 Å². The molecule has 2 aromatic heterocycles. The van der Waals surface area contributed by atoms with E-state index in [0.717, 1.165) is 10.5 Å². The normalized spacial score (nSPS) is 12.3. The molecule has 0 N–H and O–H groups in total. The number of halogens is 5. The summed E-state index contributed by atoms with van der Waals surface area (Å²) in [6, 6.07) is 0.921. The Morgan fingerprint density at radius 3 is 2.56 bits per heavy atom. The van der Waals surface area contributed by atoms with Crippen LogP contribution >= 0.6 is 15.9 Å². The molecule has 0 atom stereocenters. The maximum absolute atomic E-state index is 12.6. The summed E-state index contributed by atoms with van der Waals surface area (Å²) in [6.45, 7) is -0.892. The van der Waals surface area contributed by atoms with Crippen LogP contribution in [0.3, 0.4) is 0 Å². The van der Waals surface area contributed by atoms with Gasteiger partial charge in [-0.2, -0.15) is 13.2 Å². The van der Waals surface area contributed by atoms with E-state index < -0.39 is 18.4 Å². The molecule has 2 nitrogen and oxygen atoms in total. The van der Waals surface area contributed by atoms with Crippen LogP contribution in [0.5, 0.6) is 0 Å².